The first-order valence-electron chi connectivity index (χ1n) is 8.09. The zero-order chi connectivity index (χ0) is 17.6. The molecule has 0 saturated carbocycles. The molecule has 1 heterocycles. The van der Waals surface area contributed by atoms with Crippen LogP contribution < -0.4 is 4.90 Å². The largest absolute Gasteiger partial charge is 0.363 e. The molecule has 0 amide bonds. The van der Waals surface area contributed by atoms with Crippen molar-refractivity contribution in [2.45, 2.75) is 0 Å². The van der Waals surface area contributed by atoms with Crippen molar-refractivity contribution in [3.63, 3.8) is 0 Å². The van der Waals surface area contributed by atoms with Crippen molar-refractivity contribution in [3.8, 4) is 11.8 Å². The maximum atomic E-state index is 13.5. The number of anilines is 1. The van der Waals surface area contributed by atoms with Crippen LogP contribution in [0.15, 0.2) is 48.5 Å². The molecule has 0 aliphatic carbocycles. The van der Waals surface area contributed by atoms with Crippen LogP contribution in [0, 0.1) is 27.8 Å². The number of nitro groups is 1. The predicted molar refractivity (Wildman–Crippen MR) is 95.0 cm³/mol. The molecule has 0 aromatic heterocycles. The van der Waals surface area contributed by atoms with Crippen LogP contribution in [-0.2, 0) is 0 Å². The van der Waals surface area contributed by atoms with E-state index in [1.165, 1.54) is 12.1 Å². The molecule has 6 heteroatoms. The summed E-state index contributed by atoms with van der Waals surface area (Å²) in [5.41, 5.74) is 1.20. The van der Waals surface area contributed by atoms with E-state index < -0.39 is 0 Å². The van der Waals surface area contributed by atoms with E-state index in [4.69, 9.17) is 0 Å². The van der Waals surface area contributed by atoms with Crippen LogP contribution in [0.3, 0.4) is 0 Å². The van der Waals surface area contributed by atoms with Gasteiger partial charge >= 0.3 is 0 Å². The van der Waals surface area contributed by atoms with Gasteiger partial charge in [-0.3, -0.25) is 15.0 Å². The molecule has 0 atom stereocenters. The van der Waals surface area contributed by atoms with Crippen LogP contribution in [0.4, 0.5) is 15.8 Å². The Balaban J connectivity index is 1.58. The molecule has 0 bridgehead atoms. The fraction of sp³-hybridized carbons (Fsp3) is 0.263. The summed E-state index contributed by atoms with van der Waals surface area (Å²) in [7, 11) is 0. The summed E-state index contributed by atoms with van der Waals surface area (Å²) in [4.78, 5) is 15.0. The van der Waals surface area contributed by atoms with Gasteiger partial charge in [-0.1, -0.05) is 36.1 Å². The van der Waals surface area contributed by atoms with E-state index in [1.807, 2.05) is 11.0 Å². The minimum Gasteiger partial charge on any atom is -0.363 e. The number of para-hydroxylation sites is 2. The summed E-state index contributed by atoms with van der Waals surface area (Å²) in [6.45, 7) is 3.48. The zero-order valence-corrected chi connectivity index (χ0v) is 13.7. The Morgan fingerprint density at radius 2 is 1.72 bits per heavy atom. The van der Waals surface area contributed by atoms with Gasteiger partial charge < -0.3 is 4.90 Å². The molecule has 1 saturated heterocycles. The van der Waals surface area contributed by atoms with Crippen molar-refractivity contribution in [1.82, 2.24) is 4.90 Å². The zero-order valence-electron chi connectivity index (χ0n) is 13.7. The topological polar surface area (TPSA) is 49.6 Å². The molecule has 0 unspecified atom stereocenters. The summed E-state index contributed by atoms with van der Waals surface area (Å²) < 4.78 is 13.5. The van der Waals surface area contributed by atoms with Crippen LogP contribution in [0.1, 0.15) is 5.56 Å². The van der Waals surface area contributed by atoms with Crippen LogP contribution in [0.2, 0.25) is 0 Å². The van der Waals surface area contributed by atoms with Crippen LogP contribution >= 0.6 is 0 Å². The number of nitro benzene ring substituents is 1. The Hall–Kier alpha value is -2.91. The molecule has 1 aliphatic heterocycles. The Morgan fingerprint density at radius 1 is 1.04 bits per heavy atom. The van der Waals surface area contributed by atoms with Gasteiger partial charge in [-0.25, -0.2) is 4.39 Å². The number of benzene rings is 2. The van der Waals surface area contributed by atoms with Crippen LogP contribution in [-0.4, -0.2) is 42.5 Å². The number of rotatable bonds is 3. The lowest BCUT2D eigenvalue weighted by Crippen LogP contribution is -2.46. The molecule has 0 spiro atoms. The van der Waals surface area contributed by atoms with Gasteiger partial charge in [0.15, 0.2) is 0 Å². The highest BCUT2D eigenvalue weighted by Gasteiger charge is 2.22. The monoisotopic (exact) mass is 339 g/mol. The molecule has 128 valence electrons. The maximum Gasteiger partial charge on any atom is 0.292 e. The van der Waals surface area contributed by atoms with Gasteiger partial charge in [0.05, 0.1) is 17.0 Å². The molecular formula is C19H18FN3O2. The smallest absolute Gasteiger partial charge is 0.292 e. The third kappa shape index (κ3) is 4.14. The fourth-order valence-corrected chi connectivity index (χ4v) is 2.84. The quantitative estimate of drug-likeness (QED) is 0.490. The van der Waals surface area contributed by atoms with E-state index in [1.54, 1.807) is 30.3 Å². The van der Waals surface area contributed by atoms with E-state index in [0.29, 0.717) is 30.9 Å². The van der Waals surface area contributed by atoms with E-state index in [0.717, 1.165) is 13.1 Å². The van der Waals surface area contributed by atoms with Gasteiger partial charge in [-0.05, 0) is 18.2 Å². The second-order valence-electron chi connectivity index (χ2n) is 5.79. The van der Waals surface area contributed by atoms with Crippen LogP contribution in [0.5, 0.6) is 0 Å². The summed E-state index contributed by atoms with van der Waals surface area (Å²) in [5.74, 6) is 5.55. The number of nitrogens with zero attached hydrogens (tertiary/aromatic N) is 3. The predicted octanol–water partition coefficient (Wildman–Crippen LogP) is 2.91. The molecular weight excluding hydrogens is 321 g/mol. The highest BCUT2D eigenvalue weighted by Crippen LogP contribution is 2.28. The van der Waals surface area contributed by atoms with Crippen molar-refractivity contribution in [3.05, 3.63) is 70.0 Å². The molecule has 0 radical (unpaired) electrons. The summed E-state index contributed by atoms with van der Waals surface area (Å²) in [6, 6.07) is 13.3. The molecule has 25 heavy (non-hydrogen) atoms. The van der Waals surface area contributed by atoms with Gasteiger partial charge in [0.2, 0.25) is 0 Å². The first-order chi connectivity index (χ1) is 12.1. The van der Waals surface area contributed by atoms with Gasteiger partial charge in [-0.15, -0.1) is 0 Å². The third-order valence-corrected chi connectivity index (χ3v) is 4.19. The highest BCUT2D eigenvalue weighted by molar-refractivity contribution is 5.63. The SMILES string of the molecule is O=[N+]([O-])c1ccccc1N1CCN(CC#Cc2ccccc2F)CC1. The normalized spacial score (nSPS) is 14.7. The average Bonchev–Trinajstić information content (AvgIpc) is 2.64. The van der Waals surface area contributed by atoms with Crippen molar-refractivity contribution in [1.29, 1.82) is 0 Å². The molecule has 1 aliphatic rings. The molecule has 5 nitrogen and oxygen atoms in total. The second kappa shape index (κ2) is 7.77. The summed E-state index contributed by atoms with van der Waals surface area (Å²) in [6.07, 6.45) is 0. The van der Waals surface area contributed by atoms with E-state index in [2.05, 4.69) is 16.7 Å². The lowest BCUT2D eigenvalue weighted by Gasteiger charge is -2.34. The van der Waals surface area contributed by atoms with Crippen molar-refractivity contribution >= 4 is 11.4 Å². The van der Waals surface area contributed by atoms with Gasteiger partial charge in [0, 0.05) is 32.2 Å². The highest BCUT2D eigenvalue weighted by atomic mass is 19.1. The fourth-order valence-electron chi connectivity index (χ4n) is 2.84. The minimum absolute atomic E-state index is 0.135. The minimum atomic E-state index is -0.346. The Bertz CT molecular complexity index is 821. The summed E-state index contributed by atoms with van der Waals surface area (Å²) >= 11 is 0. The Kier molecular flexibility index (Phi) is 5.26. The van der Waals surface area contributed by atoms with Gasteiger partial charge in [0.1, 0.15) is 11.5 Å². The van der Waals surface area contributed by atoms with Crippen molar-refractivity contribution in [2.75, 3.05) is 37.6 Å². The van der Waals surface area contributed by atoms with Gasteiger partial charge in [-0.2, -0.15) is 0 Å². The average molecular weight is 339 g/mol. The molecule has 2 aromatic carbocycles. The van der Waals surface area contributed by atoms with Crippen molar-refractivity contribution in [2.24, 2.45) is 0 Å². The van der Waals surface area contributed by atoms with Crippen LogP contribution in [0.25, 0.3) is 0 Å². The standard InChI is InChI=1S/C19H18FN3O2/c20-17-8-2-1-6-16(17)7-5-11-21-12-14-22(15-13-21)18-9-3-4-10-19(18)23(24)25/h1-4,6,8-10H,11-15H2. The van der Waals surface area contributed by atoms with E-state index >= 15 is 0 Å². The second-order valence-corrected chi connectivity index (χ2v) is 5.79. The van der Waals surface area contributed by atoms with Crippen molar-refractivity contribution < 1.29 is 9.31 Å². The molecule has 1 fully saturated rings. The lowest BCUT2D eigenvalue weighted by atomic mass is 10.2. The first-order valence-corrected chi connectivity index (χ1v) is 8.09. The first kappa shape index (κ1) is 16.9. The van der Waals surface area contributed by atoms with Gasteiger partial charge in [0.25, 0.3) is 5.69 Å². The molecule has 3 rings (SSSR count). The number of hydrogen-bond acceptors (Lipinski definition) is 4. The molecule has 0 N–H and O–H groups in total. The number of halogens is 1. The Labute approximate surface area is 145 Å². The maximum absolute atomic E-state index is 13.5. The number of piperazine rings is 1. The van der Waals surface area contributed by atoms with E-state index in [9.17, 15) is 14.5 Å². The Morgan fingerprint density at radius 3 is 2.44 bits per heavy atom. The lowest BCUT2D eigenvalue weighted by molar-refractivity contribution is -0.384. The van der Waals surface area contributed by atoms with E-state index in [-0.39, 0.29) is 16.4 Å². The number of hydrogen-bond donors (Lipinski definition) is 0. The summed E-state index contributed by atoms with van der Waals surface area (Å²) in [5, 5.41) is 11.2. The third-order valence-electron chi connectivity index (χ3n) is 4.19. The molecule has 2 aromatic rings.